The average Bonchev–Trinajstić information content (AvgIpc) is 2.89. The highest BCUT2D eigenvalue weighted by molar-refractivity contribution is 4.99. The molecular formula is C14H25N3O. The molecular weight excluding hydrogens is 226 g/mol. The second-order valence-electron chi connectivity index (χ2n) is 5.51. The first-order valence-corrected chi connectivity index (χ1v) is 7.33. The van der Waals surface area contributed by atoms with Crippen LogP contribution >= 0.6 is 0 Å². The van der Waals surface area contributed by atoms with Crippen LogP contribution in [0.25, 0.3) is 0 Å². The van der Waals surface area contributed by atoms with Crippen molar-refractivity contribution in [2.45, 2.75) is 70.8 Å². The first kappa shape index (κ1) is 13.5. The standard InChI is InChI=1S/C14H25N3O/c1-3-5-10-6-8-11(9-7-10)13-16-14(18-17-13)12(15)4-2/h10-12H,3-9,15H2,1-2H3/t10?,11?,12-/m1/s1. The quantitative estimate of drug-likeness (QED) is 0.869. The smallest absolute Gasteiger partial charge is 0.243 e. The van der Waals surface area contributed by atoms with Gasteiger partial charge in [0.1, 0.15) is 0 Å². The molecule has 18 heavy (non-hydrogen) atoms. The van der Waals surface area contributed by atoms with Crippen LogP contribution in [-0.4, -0.2) is 10.1 Å². The van der Waals surface area contributed by atoms with Crippen molar-refractivity contribution >= 4 is 0 Å². The van der Waals surface area contributed by atoms with Gasteiger partial charge in [0.2, 0.25) is 5.89 Å². The third-order valence-electron chi connectivity index (χ3n) is 4.12. The predicted molar refractivity (Wildman–Crippen MR) is 71.1 cm³/mol. The van der Waals surface area contributed by atoms with Crippen molar-refractivity contribution in [2.75, 3.05) is 0 Å². The monoisotopic (exact) mass is 251 g/mol. The zero-order valence-electron chi connectivity index (χ0n) is 11.6. The van der Waals surface area contributed by atoms with Gasteiger partial charge >= 0.3 is 0 Å². The molecule has 1 aliphatic rings. The summed E-state index contributed by atoms with van der Waals surface area (Å²) >= 11 is 0. The van der Waals surface area contributed by atoms with Gasteiger partial charge in [-0.05, 0) is 38.0 Å². The molecule has 0 unspecified atom stereocenters. The molecule has 0 aliphatic heterocycles. The predicted octanol–water partition coefficient (Wildman–Crippen LogP) is 3.55. The van der Waals surface area contributed by atoms with Gasteiger partial charge in [0.25, 0.3) is 0 Å². The summed E-state index contributed by atoms with van der Waals surface area (Å²) in [6.45, 7) is 4.30. The fraction of sp³-hybridized carbons (Fsp3) is 0.857. The van der Waals surface area contributed by atoms with Crippen LogP contribution in [0.5, 0.6) is 0 Å². The van der Waals surface area contributed by atoms with Crippen molar-refractivity contribution in [1.29, 1.82) is 0 Å². The van der Waals surface area contributed by atoms with Crippen LogP contribution in [0.4, 0.5) is 0 Å². The van der Waals surface area contributed by atoms with Crippen molar-refractivity contribution in [3.05, 3.63) is 11.7 Å². The Morgan fingerprint density at radius 1 is 1.28 bits per heavy atom. The van der Waals surface area contributed by atoms with Crippen LogP contribution in [0.2, 0.25) is 0 Å². The van der Waals surface area contributed by atoms with E-state index in [-0.39, 0.29) is 6.04 Å². The van der Waals surface area contributed by atoms with Gasteiger partial charge in [-0.25, -0.2) is 0 Å². The minimum Gasteiger partial charge on any atom is -0.338 e. The molecule has 0 radical (unpaired) electrons. The molecule has 1 fully saturated rings. The number of nitrogens with zero attached hydrogens (tertiary/aromatic N) is 2. The third-order valence-corrected chi connectivity index (χ3v) is 4.12. The van der Waals surface area contributed by atoms with E-state index in [2.05, 4.69) is 17.1 Å². The van der Waals surface area contributed by atoms with E-state index in [4.69, 9.17) is 10.3 Å². The van der Waals surface area contributed by atoms with E-state index in [1.807, 2.05) is 6.92 Å². The molecule has 2 rings (SSSR count). The van der Waals surface area contributed by atoms with Crippen molar-refractivity contribution < 1.29 is 4.52 Å². The summed E-state index contributed by atoms with van der Waals surface area (Å²) in [6, 6.07) is -0.109. The number of aromatic nitrogens is 2. The molecule has 4 nitrogen and oxygen atoms in total. The van der Waals surface area contributed by atoms with Gasteiger partial charge in [-0.15, -0.1) is 0 Å². The summed E-state index contributed by atoms with van der Waals surface area (Å²) in [6.07, 6.45) is 8.52. The number of nitrogens with two attached hydrogens (primary N) is 1. The lowest BCUT2D eigenvalue weighted by molar-refractivity contribution is 0.293. The van der Waals surface area contributed by atoms with E-state index in [9.17, 15) is 0 Å². The van der Waals surface area contributed by atoms with Crippen LogP contribution in [0.1, 0.15) is 82.5 Å². The maximum Gasteiger partial charge on any atom is 0.243 e. The topological polar surface area (TPSA) is 64.9 Å². The van der Waals surface area contributed by atoms with Gasteiger partial charge < -0.3 is 10.3 Å². The second kappa shape index (κ2) is 6.32. The molecule has 2 N–H and O–H groups in total. The van der Waals surface area contributed by atoms with E-state index in [1.165, 1.54) is 38.5 Å². The lowest BCUT2D eigenvalue weighted by Crippen LogP contribution is -2.14. The van der Waals surface area contributed by atoms with E-state index in [1.54, 1.807) is 0 Å². The molecule has 1 aromatic heterocycles. The molecule has 102 valence electrons. The summed E-state index contributed by atoms with van der Waals surface area (Å²) in [5.74, 6) is 2.88. The summed E-state index contributed by atoms with van der Waals surface area (Å²) in [5, 5.41) is 4.11. The molecule has 0 bridgehead atoms. The normalized spacial score (nSPS) is 26.2. The highest BCUT2D eigenvalue weighted by Crippen LogP contribution is 2.36. The highest BCUT2D eigenvalue weighted by atomic mass is 16.5. The Hall–Kier alpha value is -0.900. The zero-order valence-corrected chi connectivity index (χ0v) is 11.6. The van der Waals surface area contributed by atoms with Crippen LogP contribution < -0.4 is 5.73 Å². The minimum atomic E-state index is -0.109. The number of rotatable bonds is 5. The lowest BCUT2D eigenvalue weighted by atomic mass is 9.80. The summed E-state index contributed by atoms with van der Waals surface area (Å²) in [7, 11) is 0. The second-order valence-corrected chi connectivity index (χ2v) is 5.51. The van der Waals surface area contributed by atoms with Crippen molar-refractivity contribution in [2.24, 2.45) is 11.7 Å². The molecule has 0 aromatic carbocycles. The van der Waals surface area contributed by atoms with Crippen LogP contribution in [-0.2, 0) is 0 Å². The Balaban J connectivity index is 1.91. The molecule has 1 aliphatic carbocycles. The SMILES string of the molecule is CCCC1CCC(c2noc([C@H](N)CC)n2)CC1. The molecule has 1 atom stereocenters. The first-order valence-electron chi connectivity index (χ1n) is 7.33. The average molecular weight is 251 g/mol. The zero-order chi connectivity index (χ0) is 13.0. The van der Waals surface area contributed by atoms with Crippen molar-refractivity contribution in [3.63, 3.8) is 0 Å². The van der Waals surface area contributed by atoms with Gasteiger partial charge in [-0.3, -0.25) is 0 Å². The van der Waals surface area contributed by atoms with Gasteiger partial charge in [0.05, 0.1) is 6.04 Å². The first-order chi connectivity index (χ1) is 8.74. The molecule has 0 amide bonds. The van der Waals surface area contributed by atoms with E-state index in [0.29, 0.717) is 11.8 Å². The van der Waals surface area contributed by atoms with Gasteiger partial charge in [0, 0.05) is 5.92 Å². The fourth-order valence-electron chi connectivity index (χ4n) is 2.86. The van der Waals surface area contributed by atoms with Crippen LogP contribution in [0.3, 0.4) is 0 Å². The van der Waals surface area contributed by atoms with Crippen LogP contribution in [0, 0.1) is 5.92 Å². The lowest BCUT2D eigenvalue weighted by Gasteiger charge is -2.26. The fourth-order valence-corrected chi connectivity index (χ4v) is 2.86. The summed E-state index contributed by atoms with van der Waals surface area (Å²) < 4.78 is 5.26. The molecule has 4 heteroatoms. The molecule has 1 heterocycles. The largest absolute Gasteiger partial charge is 0.338 e. The summed E-state index contributed by atoms with van der Waals surface area (Å²) in [5.41, 5.74) is 5.90. The van der Waals surface area contributed by atoms with Gasteiger partial charge in [-0.2, -0.15) is 4.98 Å². The molecule has 0 saturated heterocycles. The Morgan fingerprint density at radius 2 is 2.00 bits per heavy atom. The minimum absolute atomic E-state index is 0.109. The Labute approximate surface area is 109 Å². The number of hydrogen-bond acceptors (Lipinski definition) is 4. The maximum atomic E-state index is 5.90. The molecule has 0 spiro atoms. The Kier molecular flexibility index (Phi) is 4.75. The third kappa shape index (κ3) is 3.10. The van der Waals surface area contributed by atoms with Crippen LogP contribution in [0.15, 0.2) is 4.52 Å². The van der Waals surface area contributed by atoms with E-state index >= 15 is 0 Å². The van der Waals surface area contributed by atoms with Gasteiger partial charge in [-0.1, -0.05) is 31.8 Å². The molecule has 1 aromatic rings. The van der Waals surface area contributed by atoms with E-state index < -0.39 is 0 Å². The Bertz CT molecular complexity index is 356. The van der Waals surface area contributed by atoms with Gasteiger partial charge in [0.15, 0.2) is 5.82 Å². The highest BCUT2D eigenvalue weighted by Gasteiger charge is 2.26. The Morgan fingerprint density at radius 3 is 2.61 bits per heavy atom. The maximum absolute atomic E-state index is 5.90. The molecule has 1 saturated carbocycles. The van der Waals surface area contributed by atoms with E-state index in [0.717, 1.165) is 18.2 Å². The summed E-state index contributed by atoms with van der Waals surface area (Å²) in [4.78, 5) is 4.47. The van der Waals surface area contributed by atoms with Crippen molar-refractivity contribution in [3.8, 4) is 0 Å². The van der Waals surface area contributed by atoms with Crippen molar-refractivity contribution in [1.82, 2.24) is 10.1 Å². The number of hydrogen-bond donors (Lipinski definition) is 1.